The molecule has 0 radical (unpaired) electrons. The number of carboxylic acids is 1. The Morgan fingerprint density at radius 3 is 2.67 bits per heavy atom. The number of anilines is 1. The number of amides is 2. The van der Waals surface area contributed by atoms with Crippen molar-refractivity contribution in [2.75, 3.05) is 25.5 Å². The normalized spacial score (nSPS) is 15.3. The van der Waals surface area contributed by atoms with Gasteiger partial charge in [0.25, 0.3) is 0 Å². The van der Waals surface area contributed by atoms with Crippen molar-refractivity contribution in [1.82, 2.24) is 9.88 Å². The minimum atomic E-state index is -0.785. The molecule has 2 heterocycles. The summed E-state index contributed by atoms with van der Waals surface area (Å²) >= 11 is 0. The van der Waals surface area contributed by atoms with E-state index in [1.807, 2.05) is 18.2 Å². The number of fused-ring (bicyclic) bond motifs is 1. The summed E-state index contributed by atoms with van der Waals surface area (Å²) in [5, 5.41) is 12.8. The number of aromatic nitrogens is 1. The van der Waals surface area contributed by atoms with E-state index >= 15 is 0 Å². The molecule has 1 fully saturated rings. The molecule has 1 saturated heterocycles. The van der Waals surface area contributed by atoms with Crippen LogP contribution in [0.4, 0.5) is 10.5 Å². The largest absolute Gasteiger partial charge is 0.481 e. The van der Waals surface area contributed by atoms with Crippen LogP contribution in [0.15, 0.2) is 30.3 Å². The fraction of sp³-hybridized carbons (Fsp3) is 0.353. The molecule has 1 aromatic heterocycles. The Hall–Kier alpha value is -2.83. The second-order valence-electron chi connectivity index (χ2n) is 5.79. The highest BCUT2D eigenvalue weighted by Gasteiger charge is 2.26. The number of carbonyl (C=O) groups excluding carboxylic acids is 1. The van der Waals surface area contributed by atoms with Crippen LogP contribution in [0.5, 0.6) is 5.88 Å². The lowest BCUT2D eigenvalue weighted by Crippen LogP contribution is -2.42. The number of methoxy groups -OCH3 is 1. The Kier molecular flexibility index (Phi) is 4.50. The smallest absolute Gasteiger partial charge is 0.321 e. The molecule has 0 atom stereocenters. The van der Waals surface area contributed by atoms with E-state index in [-0.39, 0.29) is 11.9 Å². The molecule has 1 aliphatic heterocycles. The molecule has 0 spiro atoms. The van der Waals surface area contributed by atoms with E-state index in [9.17, 15) is 9.59 Å². The third kappa shape index (κ3) is 3.40. The van der Waals surface area contributed by atoms with Gasteiger partial charge in [0, 0.05) is 30.2 Å². The topological polar surface area (TPSA) is 91.8 Å². The highest BCUT2D eigenvalue weighted by molar-refractivity contribution is 5.92. The third-order valence-electron chi connectivity index (χ3n) is 4.26. The first-order chi connectivity index (χ1) is 11.6. The molecule has 2 amide bonds. The van der Waals surface area contributed by atoms with Gasteiger partial charge in [0.05, 0.1) is 18.5 Å². The van der Waals surface area contributed by atoms with Crippen LogP contribution in [-0.2, 0) is 4.79 Å². The van der Waals surface area contributed by atoms with Crippen molar-refractivity contribution in [1.29, 1.82) is 0 Å². The van der Waals surface area contributed by atoms with Gasteiger partial charge in [0.15, 0.2) is 0 Å². The van der Waals surface area contributed by atoms with E-state index in [2.05, 4.69) is 10.3 Å². The number of ether oxygens (including phenoxy) is 1. The van der Waals surface area contributed by atoms with Gasteiger partial charge in [-0.15, -0.1) is 0 Å². The van der Waals surface area contributed by atoms with Crippen molar-refractivity contribution < 1.29 is 19.4 Å². The number of aliphatic carboxylic acids is 1. The lowest BCUT2D eigenvalue weighted by atomic mass is 9.97. The minimum absolute atomic E-state index is 0.209. The van der Waals surface area contributed by atoms with Crippen molar-refractivity contribution in [3.63, 3.8) is 0 Å². The predicted molar refractivity (Wildman–Crippen MR) is 89.2 cm³/mol. The Balaban J connectivity index is 1.66. The first-order valence-electron chi connectivity index (χ1n) is 7.80. The number of carbonyl (C=O) groups is 2. The number of piperidine rings is 1. The Labute approximate surface area is 139 Å². The molecule has 0 saturated carbocycles. The van der Waals surface area contributed by atoms with E-state index in [4.69, 9.17) is 9.84 Å². The summed E-state index contributed by atoms with van der Waals surface area (Å²) in [5.41, 5.74) is 1.47. The number of urea groups is 1. The van der Waals surface area contributed by atoms with Crippen molar-refractivity contribution in [3.8, 4) is 5.88 Å². The maximum Gasteiger partial charge on any atom is 0.321 e. The number of benzene rings is 1. The molecule has 0 bridgehead atoms. The van der Waals surface area contributed by atoms with E-state index in [1.165, 1.54) is 0 Å². The van der Waals surface area contributed by atoms with Gasteiger partial charge < -0.3 is 20.1 Å². The van der Waals surface area contributed by atoms with Crippen LogP contribution < -0.4 is 10.1 Å². The van der Waals surface area contributed by atoms with Crippen molar-refractivity contribution in [3.05, 3.63) is 30.3 Å². The first kappa shape index (κ1) is 16.0. The number of likely N-dealkylation sites (tertiary alicyclic amines) is 1. The number of pyridine rings is 1. The average molecular weight is 329 g/mol. The van der Waals surface area contributed by atoms with Crippen molar-refractivity contribution in [2.24, 2.45) is 5.92 Å². The predicted octanol–water partition coefficient (Wildman–Crippen LogP) is 2.57. The highest BCUT2D eigenvalue weighted by atomic mass is 16.5. The molecule has 1 aliphatic rings. The molecule has 1 aromatic carbocycles. The van der Waals surface area contributed by atoms with E-state index in [1.54, 1.807) is 24.1 Å². The summed E-state index contributed by atoms with van der Waals surface area (Å²) in [4.78, 5) is 29.2. The fourth-order valence-corrected chi connectivity index (χ4v) is 2.83. The Bertz CT molecular complexity index is 770. The fourth-order valence-electron chi connectivity index (χ4n) is 2.83. The van der Waals surface area contributed by atoms with Gasteiger partial charge in [0.1, 0.15) is 0 Å². The SMILES string of the molecule is COc1ccc2cc(NC(=O)N3CCC(C(=O)O)CC3)ccc2n1. The summed E-state index contributed by atoms with van der Waals surface area (Å²) < 4.78 is 5.09. The molecular weight excluding hydrogens is 310 g/mol. The van der Waals surface area contributed by atoms with Gasteiger partial charge in [-0.3, -0.25) is 4.79 Å². The van der Waals surface area contributed by atoms with E-state index in [0.717, 1.165) is 10.9 Å². The van der Waals surface area contributed by atoms with Gasteiger partial charge in [-0.25, -0.2) is 9.78 Å². The van der Waals surface area contributed by atoms with Gasteiger partial charge in [-0.2, -0.15) is 0 Å². The van der Waals surface area contributed by atoms with Crippen LogP contribution in [0.1, 0.15) is 12.8 Å². The van der Waals surface area contributed by atoms with Crippen LogP contribution in [0.25, 0.3) is 10.9 Å². The summed E-state index contributed by atoms with van der Waals surface area (Å²) in [6, 6.07) is 8.91. The molecule has 0 unspecified atom stereocenters. The standard InChI is InChI=1S/C17H19N3O4/c1-24-15-5-2-12-10-13(3-4-14(12)19-15)18-17(23)20-8-6-11(7-9-20)16(21)22/h2-5,10-11H,6-9H2,1H3,(H,18,23)(H,21,22). The quantitative estimate of drug-likeness (QED) is 0.903. The number of carboxylic acid groups (broad SMARTS) is 1. The molecule has 24 heavy (non-hydrogen) atoms. The van der Waals surface area contributed by atoms with Gasteiger partial charge >= 0.3 is 12.0 Å². The minimum Gasteiger partial charge on any atom is -0.481 e. The zero-order chi connectivity index (χ0) is 17.1. The maximum absolute atomic E-state index is 12.3. The summed E-state index contributed by atoms with van der Waals surface area (Å²) in [7, 11) is 1.57. The van der Waals surface area contributed by atoms with Crippen LogP contribution in [-0.4, -0.2) is 47.2 Å². The average Bonchev–Trinajstić information content (AvgIpc) is 2.61. The molecular formula is C17H19N3O4. The second kappa shape index (κ2) is 6.74. The zero-order valence-electron chi connectivity index (χ0n) is 13.4. The summed E-state index contributed by atoms with van der Waals surface area (Å²) in [6.45, 7) is 0.907. The zero-order valence-corrected chi connectivity index (χ0v) is 13.4. The van der Waals surface area contributed by atoms with Crippen LogP contribution in [0.2, 0.25) is 0 Å². The summed E-state index contributed by atoms with van der Waals surface area (Å²) in [5.74, 6) is -0.594. The number of hydrogen-bond acceptors (Lipinski definition) is 4. The molecule has 7 heteroatoms. The van der Waals surface area contributed by atoms with Crippen LogP contribution in [0.3, 0.4) is 0 Å². The number of nitrogens with one attached hydrogen (secondary N) is 1. The van der Waals surface area contributed by atoms with Gasteiger partial charge in [-0.1, -0.05) is 0 Å². The van der Waals surface area contributed by atoms with E-state index in [0.29, 0.717) is 37.5 Å². The number of nitrogens with zero attached hydrogens (tertiary/aromatic N) is 2. The number of hydrogen-bond donors (Lipinski definition) is 2. The third-order valence-corrected chi connectivity index (χ3v) is 4.26. The second-order valence-corrected chi connectivity index (χ2v) is 5.79. The Morgan fingerprint density at radius 2 is 2.00 bits per heavy atom. The van der Waals surface area contributed by atoms with Crippen LogP contribution >= 0.6 is 0 Å². The molecule has 2 N–H and O–H groups in total. The maximum atomic E-state index is 12.3. The van der Waals surface area contributed by atoms with Gasteiger partial charge in [-0.05, 0) is 37.1 Å². The summed E-state index contributed by atoms with van der Waals surface area (Å²) in [6.07, 6.45) is 0.981. The molecule has 126 valence electrons. The van der Waals surface area contributed by atoms with Crippen LogP contribution in [0, 0.1) is 5.92 Å². The first-order valence-corrected chi connectivity index (χ1v) is 7.80. The molecule has 7 nitrogen and oxygen atoms in total. The molecule has 0 aliphatic carbocycles. The number of rotatable bonds is 3. The van der Waals surface area contributed by atoms with E-state index < -0.39 is 5.97 Å². The lowest BCUT2D eigenvalue weighted by molar-refractivity contribution is -0.143. The molecule has 3 rings (SSSR count). The van der Waals surface area contributed by atoms with Crippen molar-refractivity contribution in [2.45, 2.75) is 12.8 Å². The molecule has 2 aromatic rings. The van der Waals surface area contributed by atoms with Crippen molar-refractivity contribution >= 4 is 28.6 Å². The lowest BCUT2D eigenvalue weighted by Gasteiger charge is -2.30. The Morgan fingerprint density at radius 1 is 1.25 bits per heavy atom. The highest BCUT2D eigenvalue weighted by Crippen LogP contribution is 2.22. The monoisotopic (exact) mass is 329 g/mol. The van der Waals surface area contributed by atoms with Gasteiger partial charge in [0.2, 0.25) is 5.88 Å².